The lowest BCUT2D eigenvalue weighted by molar-refractivity contribution is 0.0488. The van der Waals surface area contributed by atoms with Crippen molar-refractivity contribution in [1.82, 2.24) is 5.32 Å². The molecule has 0 aliphatic carbocycles. The minimum atomic E-state index is 0.585. The second kappa shape index (κ2) is 6.27. The molecular formula is C13H17NO3. The van der Waals surface area contributed by atoms with Crippen LogP contribution in [0.1, 0.15) is 5.56 Å². The van der Waals surface area contributed by atoms with Crippen LogP contribution in [0.15, 0.2) is 36.2 Å². The molecule has 0 amide bonds. The molecule has 1 aliphatic rings. The molecular weight excluding hydrogens is 218 g/mol. The third-order valence-electron chi connectivity index (χ3n) is 2.38. The fourth-order valence-electron chi connectivity index (χ4n) is 1.39. The van der Waals surface area contributed by atoms with Crippen LogP contribution in [0.25, 0.3) is 0 Å². The van der Waals surface area contributed by atoms with Gasteiger partial charge in [-0.15, -0.1) is 0 Å². The Morgan fingerprint density at radius 1 is 1.12 bits per heavy atom. The molecule has 4 heteroatoms. The van der Waals surface area contributed by atoms with Gasteiger partial charge in [0.15, 0.2) is 0 Å². The summed E-state index contributed by atoms with van der Waals surface area (Å²) in [6.07, 6.45) is 1.93. The predicted octanol–water partition coefficient (Wildman–Crippen LogP) is 1.67. The average molecular weight is 235 g/mol. The molecule has 0 fully saturated rings. The molecule has 1 heterocycles. The molecule has 0 saturated carbocycles. The highest BCUT2D eigenvalue weighted by Crippen LogP contribution is 2.13. The normalized spacial score (nSPS) is 12.9. The predicted molar refractivity (Wildman–Crippen MR) is 64.7 cm³/mol. The number of nitrogens with one attached hydrogen (secondary N) is 1. The monoisotopic (exact) mass is 235 g/mol. The van der Waals surface area contributed by atoms with Crippen LogP contribution in [0.2, 0.25) is 0 Å². The molecule has 1 N–H and O–H groups in total. The summed E-state index contributed by atoms with van der Waals surface area (Å²) in [4.78, 5) is 0. The molecule has 0 bridgehead atoms. The summed E-state index contributed by atoms with van der Waals surface area (Å²) in [7, 11) is 1.66. The minimum absolute atomic E-state index is 0.585. The summed E-state index contributed by atoms with van der Waals surface area (Å²) >= 11 is 0. The topological polar surface area (TPSA) is 49.6 Å². The summed E-state index contributed by atoms with van der Waals surface area (Å²) < 4.78 is 16.0. The van der Waals surface area contributed by atoms with Crippen molar-refractivity contribution in [1.29, 1.82) is 0 Å². The van der Waals surface area contributed by atoms with Crippen LogP contribution < -0.4 is 10.1 Å². The maximum Gasteiger partial charge on any atom is 0.119 e. The first-order valence-electron chi connectivity index (χ1n) is 5.62. The van der Waals surface area contributed by atoms with E-state index in [2.05, 4.69) is 5.32 Å². The quantitative estimate of drug-likeness (QED) is 0.696. The van der Waals surface area contributed by atoms with Gasteiger partial charge in [0, 0.05) is 6.20 Å². The summed E-state index contributed by atoms with van der Waals surface area (Å²) in [5.74, 6) is 0.856. The molecule has 2 rings (SSSR count). The Kier molecular flexibility index (Phi) is 4.41. The van der Waals surface area contributed by atoms with Gasteiger partial charge in [-0.2, -0.15) is 0 Å². The number of hydrogen-bond acceptors (Lipinski definition) is 4. The van der Waals surface area contributed by atoms with Gasteiger partial charge >= 0.3 is 0 Å². The van der Waals surface area contributed by atoms with Crippen molar-refractivity contribution in [3.63, 3.8) is 0 Å². The molecule has 0 spiro atoms. The van der Waals surface area contributed by atoms with Crippen LogP contribution in [0.3, 0.4) is 0 Å². The van der Waals surface area contributed by atoms with E-state index in [0.29, 0.717) is 26.4 Å². The number of hydrogen-bond donors (Lipinski definition) is 1. The lowest BCUT2D eigenvalue weighted by atomic mass is 10.2. The summed E-state index contributed by atoms with van der Waals surface area (Å²) in [5.41, 5.74) is 2.26. The standard InChI is InChI=1S/C13H17NO3/c1-15-13-4-2-3-11(7-13)9-16-5-6-17-10-12-8-14-12/h2-4,7-8,14H,5-6,9-10H2,1H3. The fourth-order valence-corrected chi connectivity index (χ4v) is 1.39. The third kappa shape index (κ3) is 4.46. The van der Waals surface area contributed by atoms with Crippen molar-refractivity contribution in [2.24, 2.45) is 0 Å². The van der Waals surface area contributed by atoms with E-state index >= 15 is 0 Å². The van der Waals surface area contributed by atoms with Gasteiger partial charge in [0.25, 0.3) is 0 Å². The number of benzene rings is 1. The van der Waals surface area contributed by atoms with Gasteiger partial charge in [-0.3, -0.25) is 0 Å². The van der Waals surface area contributed by atoms with Crippen molar-refractivity contribution in [3.05, 3.63) is 41.7 Å². The van der Waals surface area contributed by atoms with Crippen molar-refractivity contribution < 1.29 is 14.2 Å². The summed E-state index contributed by atoms with van der Waals surface area (Å²) in [5, 5.41) is 2.98. The first-order valence-corrected chi connectivity index (χ1v) is 5.62. The molecule has 17 heavy (non-hydrogen) atoms. The summed E-state index contributed by atoms with van der Waals surface area (Å²) in [6.45, 7) is 2.46. The maximum atomic E-state index is 5.50. The van der Waals surface area contributed by atoms with Crippen LogP contribution in [-0.2, 0) is 16.1 Å². The van der Waals surface area contributed by atoms with Crippen LogP contribution in [0.5, 0.6) is 5.75 Å². The van der Waals surface area contributed by atoms with Gasteiger partial charge in [-0.1, -0.05) is 12.1 Å². The molecule has 4 nitrogen and oxygen atoms in total. The molecule has 1 aliphatic heterocycles. The van der Waals surface area contributed by atoms with Gasteiger partial charge in [0.05, 0.1) is 39.2 Å². The Hall–Kier alpha value is -1.52. The smallest absolute Gasteiger partial charge is 0.119 e. The van der Waals surface area contributed by atoms with Crippen LogP contribution in [0, 0.1) is 0 Å². The molecule has 92 valence electrons. The lowest BCUT2D eigenvalue weighted by Crippen LogP contribution is -2.06. The Morgan fingerprint density at radius 2 is 1.88 bits per heavy atom. The molecule has 0 saturated heterocycles. The van der Waals surface area contributed by atoms with E-state index in [1.807, 2.05) is 30.5 Å². The first kappa shape index (κ1) is 12.0. The van der Waals surface area contributed by atoms with Crippen LogP contribution in [-0.4, -0.2) is 26.9 Å². The van der Waals surface area contributed by atoms with E-state index in [1.54, 1.807) is 7.11 Å². The van der Waals surface area contributed by atoms with Crippen molar-refractivity contribution in [3.8, 4) is 5.75 Å². The average Bonchev–Trinajstić information content (AvgIpc) is 3.18. The van der Waals surface area contributed by atoms with Crippen molar-refractivity contribution in [2.75, 3.05) is 26.9 Å². The second-order valence-electron chi connectivity index (χ2n) is 3.77. The van der Waals surface area contributed by atoms with Crippen LogP contribution in [0.4, 0.5) is 0 Å². The molecule has 0 radical (unpaired) electrons. The number of methoxy groups -OCH3 is 1. The zero-order chi connectivity index (χ0) is 11.9. The molecule has 1 aromatic carbocycles. The molecule has 0 unspecified atom stereocenters. The lowest BCUT2D eigenvalue weighted by Gasteiger charge is -2.06. The Morgan fingerprint density at radius 3 is 2.59 bits per heavy atom. The zero-order valence-corrected chi connectivity index (χ0v) is 9.94. The highest BCUT2D eigenvalue weighted by Gasteiger charge is 2.04. The molecule has 0 atom stereocenters. The van der Waals surface area contributed by atoms with E-state index in [0.717, 1.165) is 17.0 Å². The highest BCUT2D eigenvalue weighted by atomic mass is 16.5. The van der Waals surface area contributed by atoms with Crippen molar-refractivity contribution >= 4 is 0 Å². The first-order chi connectivity index (χ1) is 8.38. The van der Waals surface area contributed by atoms with E-state index in [1.165, 1.54) is 0 Å². The molecule has 1 aromatic rings. The SMILES string of the molecule is COc1cccc(COCCOCC2=CN2)c1. The van der Waals surface area contributed by atoms with E-state index in [4.69, 9.17) is 14.2 Å². The highest BCUT2D eigenvalue weighted by molar-refractivity contribution is 5.27. The van der Waals surface area contributed by atoms with Crippen LogP contribution >= 0.6 is 0 Å². The maximum absolute atomic E-state index is 5.50. The molecule has 0 aromatic heterocycles. The fraction of sp³-hybridized carbons (Fsp3) is 0.385. The van der Waals surface area contributed by atoms with Gasteiger partial charge in [-0.05, 0) is 17.7 Å². The summed E-state index contributed by atoms with van der Waals surface area (Å²) in [6, 6.07) is 7.87. The number of rotatable bonds is 8. The van der Waals surface area contributed by atoms with E-state index < -0.39 is 0 Å². The third-order valence-corrected chi connectivity index (χ3v) is 2.38. The largest absolute Gasteiger partial charge is 0.497 e. The minimum Gasteiger partial charge on any atom is -0.497 e. The second-order valence-corrected chi connectivity index (χ2v) is 3.77. The Bertz CT molecular complexity index is 390. The number of ether oxygens (including phenoxy) is 3. The van der Waals surface area contributed by atoms with E-state index in [-0.39, 0.29) is 0 Å². The van der Waals surface area contributed by atoms with Gasteiger partial charge < -0.3 is 19.5 Å². The van der Waals surface area contributed by atoms with Gasteiger partial charge in [-0.25, -0.2) is 0 Å². The Labute approximate surface area is 101 Å². The van der Waals surface area contributed by atoms with E-state index in [9.17, 15) is 0 Å². The zero-order valence-electron chi connectivity index (χ0n) is 9.94. The van der Waals surface area contributed by atoms with Gasteiger partial charge in [0.2, 0.25) is 0 Å². The van der Waals surface area contributed by atoms with Gasteiger partial charge in [0.1, 0.15) is 5.75 Å². The van der Waals surface area contributed by atoms with Crippen molar-refractivity contribution in [2.45, 2.75) is 6.61 Å². The Balaban J connectivity index is 1.58.